The molecule has 1 N–H and O–H groups in total. The molecule has 0 aliphatic rings. The van der Waals surface area contributed by atoms with Gasteiger partial charge in [0.15, 0.2) is 17.3 Å². The molecule has 0 unspecified atom stereocenters. The number of benzene rings is 3. The second kappa shape index (κ2) is 10.6. The fourth-order valence-electron chi connectivity index (χ4n) is 3.35. The van der Waals surface area contributed by atoms with Crippen molar-refractivity contribution in [1.29, 1.82) is 0 Å². The molecular formula is C27H22FNO5. The van der Waals surface area contributed by atoms with Gasteiger partial charge >= 0.3 is 5.97 Å². The summed E-state index contributed by atoms with van der Waals surface area (Å²) in [5, 5.41) is 9.74. The summed E-state index contributed by atoms with van der Waals surface area (Å²) in [5.41, 5.74) is 2.68. The lowest BCUT2D eigenvalue weighted by Gasteiger charge is -2.10. The van der Waals surface area contributed by atoms with Crippen molar-refractivity contribution in [3.05, 3.63) is 102 Å². The van der Waals surface area contributed by atoms with Crippen LogP contribution in [0.3, 0.4) is 0 Å². The first-order valence-electron chi connectivity index (χ1n) is 10.7. The maximum Gasteiger partial charge on any atom is 0.303 e. The van der Waals surface area contributed by atoms with Crippen LogP contribution in [0.4, 0.5) is 4.39 Å². The average molecular weight is 459 g/mol. The third kappa shape index (κ3) is 5.95. The molecule has 0 spiro atoms. The van der Waals surface area contributed by atoms with Gasteiger partial charge in [-0.15, -0.1) is 0 Å². The number of halogens is 1. The van der Waals surface area contributed by atoms with Crippen LogP contribution in [0.15, 0.2) is 78.9 Å². The van der Waals surface area contributed by atoms with Crippen LogP contribution >= 0.6 is 0 Å². The zero-order chi connectivity index (χ0) is 23.9. The van der Waals surface area contributed by atoms with Crippen LogP contribution in [0, 0.1) is 5.82 Å². The van der Waals surface area contributed by atoms with Crippen molar-refractivity contribution in [2.45, 2.75) is 26.1 Å². The molecule has 0 saturated carbocycles. The van der Waals surface area contributed by atoms with Crippen molar-refractivity contribution < 1.29 is 28.6 Å². The molecule has 1 aromatic heterocycles. The van der Waals surface area contributed by atoms with E-state index in [9.17, 15) is 14.0 Å². The third-order valence-corrected chi connectivity index (χ3v) is 5.18. The molecule has 0 bridgehead atoms. The topological polar surface area (TPSA) is 85.7 Å². The van der Waals surface area contributed by atoms with Crippen molar-refractivity contribution in [3.8, 4) is 11.5 Å². The molecule has 0 fully saturated rings. The van der Waals surface area contributed by atoms with Gasteiger partial charge in [-0.05, 0) is 48.0 Å². The van der Waals surface area contributed by atoms with Crippen LogP contribution in [0.25, 0.3) is 10.9 Å². The molecule has 0 saturated heterocycles. The van der Waals surface area contributed by atoms with Crippen molar-refractivity contribution in [2.24, 2.45) is 0 Å². The van der Waals surface area contributed by atoms with Crippen molar-refractivity contribution in [1.82, 2.24) is 4.98 Å². The van der Waals surface area contributed by atoms with Crippen molar-refractivity contribution in [2.75, 3.05) is 0 Å². The highest BCUT2D eigenvalue weighted by Crippen LogP contribution is 2.22. The minimum absolute atomic E-state index is 0.0116. The molecule has 34 heavy (non-hydrogen) atoms. The molecule has 3 aromatic carbocycles. The summed E-state index contributed by atoms with van der Waals surface area (Å²) in [6, 6.07) is 23.0. The molecule has 172 valence electrons. The molecule has 4 aromatic rings. The number of hydrogen-bond donors (Lipinski definition) is 1. The zero-order valence-corrected chi connectivity index (χ0v) is 18.2. The highest BCUT2D eigenvalue weighted by molar-refractivity contribution is 5.97. The Hall–Kier alpha value is -4.26. The van der Waals surface area contributed by atoms with Crippen LogP contribution in [0.1, 0.15) is 34.5 Å². The molecule has 1 heterocycles. The zero-order valence-electron chi connectivity index (χ0n) is 18.2. The van der Waals surface area contributed by atoms with Gasteiger partial charge in [-0.3, -0.25) is 9.59 Å². The molecule has 6 nitrogen and oxygen atoms in total. The van der Waals surface area contributed by atoms with Gasteiger partial charge in [0.25, 0.3) is 0 Å². The number of aliphatic carboxylic acids is 1. The molecule has 4 rings (SSSR count). The molecular weight excluding hydrogens is 437 g/mol. The largest absolute Gasteiger partial charge is 0.487 e. The number of Topliss-reactive ketones (excluding diaryl/α,β-unsaturated/α-hetero) is 1. The Kier molecular flexibility index (Phi) is 7.13. The normalized spacial score (nSPS) is 10.7. The summed E-state index contributed by atoms with van der Waals surface area (Å²) in [6.45, 7) is 0.471. The highest BCUT2D eigenvalue weighted by atomic mass is 19.1. The minimum atomic E-state index is -1.07. The second-order valence-electron chi connectivity index (χ2n) is 7.68. The average Bonchev–Trinajstić information content (AvgIpc) is 2.85. The van der Waals surface area contributed by atoms with E-state index in [0.717, 1.165) is 28.2 Å². The number of carboxylic acid groups (broad SMARTS) is 1. The van der Waals surface area contributed by atoms with E-state index >= 15 is 0 Å². The van der Waals surface area contributed by atoms with Crippen LogP contribution in [-0.2, 0) is 18.0 Å². The van der Waals surface area contributed by atoms with Crippen LogP contribution < -0.4 is 9.47 Å². The smallest absolute Gasteiger partial charge is 0.303 e. The Balaban J connectivity index is 1.30. The number of aromatic nitrogens is 1. The summed E-state index contributed by atoms with van der Waals surface area (Å²) < 4.78 is 25.7. The molecule has 0 aliphatic heterocycles. The van der Waals surface area contributed by atoms with E-state index in [-0.39, 0.29) is 30.8 Å². The first-order chi connectivity index (χ1) is 16.5. The predicted molar refractivity (Wildman–Crippen MR) is 124 cm³/mol. The summed E-state index contributed by atoms with van der Waals surface area (Å²) >= 11 is 0. The van der Waals surface area contributed by atoms with E-state index in [0.29, 0.717) is 12.4 Å². The van der Waals surface area contributed by atoms with Gasteiger partial charge < -0.3 is 14.6 Å². The molecule has 0 amide bonds. The van der Waals surface area contributed by atoms with E-state index in [1.165, 1.54) is 12.1 Å². The molecule has 7 heteroatoms. The SMILES string of the molecule is O=C(O)CCC(=O)c1ccc(OCc2ccc(OCc3ccc4ccccc4n3)cc2)c(F)c1. The maximum absolute atomic E-state index is 14.3. The minimum Gasteiger partial charge on any atom is -0.487 e. The van der Waals surface area contributed by atoms with Gasteiger partial charge in [0, 0.05) is 17.4 Å². The lowest BCUT2D eigenvalue weighted by molar-refractivity contribution is -0.136. The number of rotatable bonds is 10. The second-order valence-corrected chi connectivity index (χ2v) is 7.68. The number of ketones is 1. The Morgan fingerprint density at radius 2 is 1.65 bits per heavy atom. The summed E-state index contributed by atoms with van der Waals surface area (Å²) in [4.78, 5) is 27.1. The fraction of sp³-hybridized carbons (Fsp3) is 0.148. The lowest BCUT2D eigenvalue weighted by Crippen LogP contribution is -2.05. The summed E-state index contributed by atoms with van der Waals surface area (Å²) in [5.74, 6) is -1.49. The maximum atomic E-state index is 14.3. The van der Waals surface area contributed by atoms with E-state index in [2.05, 4.69) is 4.98 Å². The van der Waals surface area contributed by atoms with Gasteiger partial charge in [0.05, 0.1) is 17.6 Å². The number of carbonyl (C=O) groups excluding carboxylic acids is 1. The number of carbonyl (C=O) groups is 2. The van der Waals surface area contributed by atoms with E-state index in [4.69, 9.17) is 14.6 Å². The number of nitrogens with zero attached hydrogens (tertiary/aromatic N) is 1. The monoisotopic (exact) mass is 459 g/mol. The summed E-state index contributed by atoms with van der Waals surface area (Å²) in [6.07, 6.45) is -0.475. The van der Waals surface area contributed by atoms with E-state index in [1.807, 2.05) is 48.5 Å². The molecule has 0 aliphatic carbocycles. The Morgan fingerprint density at radius 1 is 0.853 bits per heavy atom. The Morgan fingerprint density at radius 3 is 2.41 bits per heavy atom. The first kappa shape index (κ1) is 22.9. The number of ether oxygens (including phenoxy) is 2. The van der Waals surface area contributed by atoms with Crippen LogP contribution in [-0.4, -0.2) is 21.8 Å². The number of para-hydroxylation sites is 1. The Bertz CT molecular complexity index is 1320. The number of fused-ring (bicyclic) bond motifs is 1. The predicted octanol–water partition coefficient (Wildman–Crippen LogP) is 5.58. The van der Waals surface area contributed by atoms with E-state index in [1.54, 1.807) is 12.1 Å². The third-order valence-electron chi connectivity index (χ3n) is 5.18. The quantitative estimate of drug-likeness (QED) is 0.312. The standard InChI is InChI=1S/C27H22FNO5/c28-23-15-20(25(30)12-14-27(31)32)8-13-26(23)34-16-18-5-10-22(11-6-18)33-17-21-9-7-19-3-1-2-4-24(19)29-21/h1-11,13,15H,12,14,16-17H2,(H,31,32). The van der Waals surface area contributed by atoms with Gasteiger partial charge in [-0.25, -0.2) is 9.37 Å². The number of carboxylic acids is 1. The van der Waals surface area contributed by atoms with E-state index < -0.39 is 17.6 Å². The summed E-state index contributed by atoms with van der Waals surface area (Å²) in [7, 11) is 0. The van der Waals surface area contributed by atoms with Crippen LogP contribution in [0.5, 0.6) is 11.5 Å². The molecule has 0 atom stereocenters. The fourth-order valence-corrected chi connectivity index (χ4v) is 3.35. The van der Waals surface area contributed by atoms with Gasteiger partial charge in [0.1, 0.15) is 19.0 Å². The van der Waals surface area contributed by atoms with Crippen molar-refractivity contribution >= 4 is 22.7 Å². The van der Waals surface area contributed by atoms with Crippen molar-refractivity contribution in [3.63, 3.8) is 0 Å². The number of pyridine rings is 1. The molecule has 0 radical (unpaired) electrons. The Labute approximate surface area is 195 Å². The van der Waals surface area contributed by atoms with Crippen LogP contribution in [0.2, 0.25) is 0 Å². The number of hydrogen-bond acceptors (Lipinski definition) is 5. The first-order valence-corrected chi connectivity index (χ1v) is 10.7. The van der Waals surface area contributed by atoms with Gasteiger partial charge in [-0.2, -0.15) is 0 Å². The lowest BCUT2D eigenvalue weighted by atomic mass is 10.1. The van der Waals surface area contributed by atoms with Gasteiger partial charge in [0.2, 0.25) is 0 Å². The van der Waals surface area contributed by atoms with Gasteiger partial charge in [-0.1, -0.05) is 36.4 Å². The highest BCUT2D eigenvalue weighted by Gasteiger charge is 2.12.